The maximum absolute atomic E-state index is 14.5. The van der Waals surface area contributed by atoms with Crippen molar-refractivity contribution in [1.82, 2.24) is 15.1 Å². The number of nitriles is 1. The number of amides is 1. The number of aromatic hydroxyl groups is 1. The third kappa shape index (κ3) is 6.80. The van der Waals surface area contributed by atoms with E-state index in [1.807, 2.05) is 44.3 Å². The number of ketones is 1. The highest BCUT2D eigenvalue weighted by atomic mass is 32.2. The summed E-state index contributed by atoms with van der Waals surface area (Å²) in [5.41, 5.74) is 6.09. The molecule has 7 aliphatic rings. The highest BCUT2D eigenvalue weighted by Gasteiger charge is 2.62. The number of fused-ring (bicyclic) bond motifs is 6. The summed E-state index contributed by atoms with van der Waals surface area (Å²) in [5, 5.41) is 26.0. The van der Waals surface area contributed by atoms with Crippen molar-refractivity contribution in [3.05, 3.63) is 105 Å². The van der Waals surface area contributed by atoms with Gasteiger partial charge in [-0.1, -0.05) is 54.6 Å². The molecule has 14 heteroatoms. The summed E-state index contributed by atoms with van der Waals surface area (Å²) in [5.74, 6) is 0.612. The molecule has 3 aromatic carbocycles. The highest BCUT2D eigenvalue weighted by Crippen LogP contribution is 2.57. The number of piperazine rings is 1. The predicted molar refractivity (Wildman–Crippen MR) is 231 cm³/mol. The molecule has 2 N–H and O–H groups in total. The third-order valence-corrected chi connectivity index (χ3v) is 14.4. The van der Waals surface area contributed by atoms with Gasteiger partial charge in [0.25, 0.3) is 0 Å². The minimum atomic E-state index is -1.18. The number of methoxy groups -OCH3 is 1. The number of allylic oxidation sites excluding steroid dienone is 1. The molecule has 0 radical (unpaired) electrons. The summed E-state index contributed by atoms with van der Waals surface area (Å²) in [6.45, 7) is 8.83. The van der Waals surface area contributed by atoms with Crippen molar-refractivity contribution in [3.8, 4) is 28.7 Å². The number of likely N-dealkylation sites (N-methyl/N-ethyl adjacent to an activating group) is 1. The van der Waals surface area contributed by atoms with Gasteiger partial charge in [0, 0.05) is 53.1 Å². The Kier molecular flexibility index (Phi) is 10.6. The van der Waals surface area contributed by atoms with Crippen LogP contribution < -0.4 is 10.1 Å². The Labute approximate surface area is 366 Å². The summed E-state index contributed by atoms with van der Waals surface area (Å²) in [6, 6.07) is 18.5. The molecule has 0 aromatic heterocycles. The SMILES string of the molecule is COc1c(C)cc2c(c1O)[C@@H]1C3CC4C(=O)C(C)=C5OCOC5=C4[C@H](COC(=O)C(CSCC4c5ccccc5-c5ccccc54)NC(=O)OC(C)(C)C)N3C(C#N)(C2)CN1C. The first-order chi connectivity index (χ1) is 29.7. The van der Waals surface area contributed by atoms with E-state index in [2.05, 4.69) is 45.5 Å². The van der Waals surface area contributed by atoms with E-state index in [-0.39, 0.29) is 43.0 Å². The zero-order valence-electron chi connectivity index (χ0n) is 36.1. The number of rotatable bonds is 9. The Hall–Kier alpha value is -5.49. The smallest absolute Gasteiger partial charge is 0.408 e. The first kappa shape index (κ1) is 41.8. The summed E-state index contributed by atoms with van der Waals surface area (Å²) in [4.78, 5) is 46.5. The van der Waals surface area contributed by atoms with Crippen molar-refractivity contribution in [2.45, 2.75) is 88.7 Å². The molecule has 13 nitrogen and oxygen atoms in total. The van der Waals surface area contributed by atoms with Crippen LogP contribution in [0.15, 0.2) is 77.3 Å². The van der Waals surface area contributed by atoms with Gasteiger partial charge in [-0.2, -0.15) is 17.0 Å². The normalized spacial score (nSPS) is 25.5. The molecular weight excluding hydrogens is 809 g/mol. The van der Waals surface area contributed by atoms with Crippen LogP contribution in [0, 0.1) is 24.2 Å². The van der Waals surface area contributed by atoms with Crippen molar-refractivity contribution in [3.63, 3.8) is 0 Å². The molecule has 0 saturated carbocycles. The lowest BCUT2D eigenvalue weighted by Crippen LogP contribution is -2.72. The van der Waals surface area contributed by atoms with Crippen molar-refractivity contribution >= 4 is 29.6 Å². The van der Waals surface area contributed by atoms with Crippen LogP contribution in [0.25, 0.3) is 11.1 Å². The zero-order valence-corrected chi connectivity index (χ0v) is 36.9. The molecule has 10 rings (SSSR count). The number of thioether (sulfide) groups is 1. The Morgan fingerprint density at radius 3 is 2.42 bits per heavy atom. The van der Waals surface area contributed by atoms with Crippen molar-refractivity contribution < 1.29 is 43.2 Å². The number of Topliss-reactive ketones (excluding diaryl/α,β-unsaturated/α-hetero) is 1. The number of hydrogen-bond donors (Lipinski definition) is 2. The average Bonchev–Trinajstić information content (AvgIpc) is 3.79. The topological polar surface area (TPSA) is 160 Å². The van der Waals surface area contributed by atoms with Crippen molar-refractivity contribution in [2.75, 3.05) is 45.6 Å². The average molecular weight is 861 g/mol. The minimum absolute atomic E-state index is 0.0149. The van der Waals surface area contributed by atoms with E-state index >= 15 is 0 Å². The van der Waals surface area contributed by atoms with Crippen LogP contribution in [0.4, 0.5) is 4.79 Å². The molecule has 5 aliphatic heterocycles. The summed E-state index contributed by atoms with van der Waals surface area (Å²) < 4.78 is 29.6. The minimum Gasteiger partial charge on any atom is -0.504 e. The van der Waals surface area contributed by atoms with Gasteiger partial charge in [0.1, 0.15) is 23.8 Å². The molecule has 3 fully saturated rings. The van der Waals surface area contributed by atoms with Gasteiger partial charge in [0.15, 0.2) is 28.8 Å². The third-order valence-electron chi connectivity index (χ3n) is 13.3. The van der Waals surface area contributed by atoms with Gasteiger partial charge in [0.2, 0.25) is 6.79 Å². The van der Waals surface area contributed by atoms with E-state index in [4.69, 9.17) is 23.7 Å². The van der Waals surface area contributed by atoms with Gasteiger partial charge >= 0.3 is 12.1 Å². The number of carbonyl (C=O) groups excluding carboxylic acids is 3. The van der Waals surface area contributed by atoms with E-state index in [1.165, 1.54) is 41.1 Å². The number of esters is 1. The molecule has 5 heterocycles. The summed E-state index contributed by atoms with van der Waals surface area (Å²) in [7, 11) is 3.46. The molecule has 62 heavy (non-hydrogen) atoms. The van der Waals surface area contributed by atoms with Gasteiger partial charge in [-0.25, -0.2) is 9.59 Å². The molecule has 6 atom stereocenters. The van der Waals surface area contributed by atoms with Crippen LogP contribution in [0.5, 0.6) is 11.5 Å². The number of ether oxygens (including phenoxy) is 5. The number of piperidine rings is 1. The van der Waals surface area contributed by atoms with Crippen LogP contribution in [0.2, 0.25) is 0 Å². The monoisotopic (exact) mass is 860 g/mol. The van der Waals surface area contributed by atoms with Gasteiger partial charge in [-0.3, -0.25) is 14.6 Å². The van der Waals surface area contributed by atoms with E-state index < -0.39 is 53.3 Å². The lowest BCUT2D eigenvalue weighted by molar-refractivity contribution is -0.152. The Morgan fingerprint density at radius 1 is 1.08 bits per heavy atom. The van der Waals surface area contributed by atoms with Crippen LogP contribution in [0.1, 0.15) is 73.9 Å². The highest BCUT2D eigenvalue weighted by molar-refractivity contribution is 7.99. The number of carbonyl (C=O) groups is 3. The molecule has 0 spiro atoms. The van der Waals surface area contributed by atoms with Crippen LogP contribution in [-0.2, 0) is 35.0 Å². The van der Waals surface area contributed by atoms with Gasteiger partial charge in [-0.15, -0.1) is 0 Å². The summed E-state index contributed by atoms with van der Waals surface area (Å²) >= 11 is 1.54. The molecule has 3 aromatic rings. The van der Waals surface area contributed by atoms with Crippen molar-refractivity contribution in [1.29, 1.82) is 5.26 Å². The number of hydrogen-bond acceptors (Lipinski definition) is 13. The number of aryl methyl sites for hydroxylation is 1. The largest absolute Gasteiger partial charge is 0.504 e. The standard InChI is InChI=1S/C48H52N4O9S/c1-25-16-27-18-48(22-49)23-51(6)39(37(27)41(54)42(25)57-7)35-17-32-38(44-43(59-24-60-44)26(2)40(32)53)36(52(35)48)19-58-45(55)34(50-46(56)61-47(3,4)5)21-62-20-33-30-14-10-8-12-28(30)29-13-9-11-15-31(29)33/h8-16,32-36,39,54H,17-21,23-24H2,1-7H3,(H,50,56)/t32?,34?,35?,36-,39-,48?/m0/s1. The maximum Gasteiger partial charge on any atom is 0.408 e. The molecule has 3 saturated heterocycles. The maximum atomic E-state index is 14.5. The van der Waals surface area contributed by atoms with E-state index in [1.54, 1.807) is 27.7 Å². The van der Waals surface area contributed by atoms with Crippen LogP contribution in [-0.4, -0.2) is 108 Å². The number of alkyl carbamates (subject to hydrolysis) is 1. The molecule has 324 valence electrons. The number of phenols is 1. The number of phenolic OH excluding ortho intramolecular Hbond substituents is 1. The van der Waals surface area contributed by atoms with E-state index in [9.17, 15) is 24.8 Å². The quantitative estimate of drug-likeness (QED) is 0.220. The second kappa shape index (κ2) is 15.7. The summed E-state index contributed by atoms with van der Waals surface area (Å²) in [6.07, 6.45) is -0.179. The van der Waals surface area contributed by atoms with Crippen molar-refractivity contribution in [2.24, 2.45) is 5.92 Å². The fourth-order valence-corrected chi connectivity index (χ4v) is 12.2. The van der Waals surface area contributed by atoms with Gasteiger partial charge in [-0.05, 0) is 81.5 Å². The molecule has 2 aliphatic carbocycles. The second-order valence-corrected chi connectivity index (χ2v) is 19.3. The van der Waals surface area contributed by atoms with Crippen LogP contribution >= 0.6 is 11.8 Å². The van der Waals surface area contributed by atoms with E-state index in [0.717, 1.165) is 11.1 Å². The number of nitrogens with one attached hydrogen (secondary N) is 1. The van der Waals surface area contributed by atoms with Crippen LogP contribution in [0.3, 0.4) is 0 Å². The Bertz CT molecular complexity index is 2440. The van der Waals surface area contributed by atoms with Gasteiger partial charge < -0.3 is 34.1 Å². The second-order valence-electron chi connectivity index (χ2n) is 18.2. The number of benzene rings is 3. The lowest BCUT2D eigenvalue weighted by atomic mass is 9.69. The fourth-order valence-electron chi connectivity index (χ4n) is 11.0. The molecular formula is C48H52N4O9S. The lowest BCUT2D eigenvalue weighted by Gasteiger charge is -2.59. The first-order valence-electron chi connectivity index (χ1n) is 21.1. The number of nitrogens with zero attached hydrogens (tertiary/aromatic N) is 3. The first-order valence-corrected chi connectivity index (χ1v) is 22.3. The fraction of sp³-hybridized carbons (Fsp3) is 0.458. The Balaban J connectivity index is 1.06. The van der Waals surface area contributed by atoms with E-state index in [0.29, 0.717) is 52.7 Å². The predicted octanol–water partition coefficient (Wildman–Crippen LogP) is 6.67. The Morgan fingerprint density at radius 2 is 1.76 bits per heavy atom. The zero-order chi connectivity index (χ0) is 43.8. The molecule has 4 unspecified atom stereocenters. The molecule has 1 amide bonds. The van der Waals surface area contributed by atoms with Gasteiger partial charge in [0.05, 0.1) is 31.2 Å². The molecule has 2 bridgehead atoms.